The Labute approximate surface area is 501 Å². The first kappa shape index (κ1) is 75.6. The van der Waals surface area contributed by atoms with Crippen LogP contribution in [0.2, 0.25) is 0 Å². The number of aldehydes is 2. The number of benzene rings is 2. The summed E-state index contributed by atoms with van der Waals surface area (Å²) in [7, 11) is 1.40. The maximum absolute atomic E-state index is 11.6. The monoisotopic (exact) mass is 1160 g/mol. The van der Waals surface area contributed by atoms with Crippen LogP contribution < -0.4 is 0 Å². The molecule has 9 heterocycles. The zero-order valence-corrected chi connectivity index (χ0v) is 45.8. The van der Waals surface area contributed by atoms with Gasteiger partial charge in [0.25, 0.3) is 6.08 Å². The number of nitroso groups, excluding NO2 is 1. The molecular formula is C66H93N7O11+2. The van der Waals surface area contributed by atoms with Gasteiger partial charge in [-0.1, -0.05) is 134 Å². The molecule has 2 aromatic rings. The molecule has 10 unspecified atom stereocenters. The van der Waals surface area contributed by atoms with Gasteiger partial charge in [0.15, 0.2) is 12.4 Å². The first-order valence-electron chi connectivity index (χ1n) is 26.4. The van der Waals surface area contributed by atoms with Crippen LogP contribution in [0.1, 0.15) is 98.9 Å². The Kier molecular flexibility index (Phi) is 33.9. The number of allylic oxidation sites excluding steroid dienone is 3. The molecule has 0 aromatic heterocycles. The van der Waals surface area contributed by atoms with Gasteiger partial charge >= 0.3 is 13.7 Å². The van der Waals surface area contributed by atoms with E-state index in [1.807, 2.05) is 89.9 Å². The van der Waals surface area contributed by atoms with Gasteiger partial charge in [-0.3, -0.25) is 38.6 Å². The predicted octanol–water partition coefficient (Wildman–Crippen LogP) is 10.6. The lowest BCUT2D eigenvalue weighted by atomic mass is 9.77. The molecule has 15 rings (SSSR count). The number of rotatable bonds is 5. The lowest BCUT2D eigenvalue weighted by Gasteiger charge is -2.44. The highest BCUT2D eigenvalue weighted by molar-refractivity contribution is 5.98. The summed E-state index contributed by atoms with van der Waals surface area (Å²) >= 11 is 0. The Balaban J connectivity index is 0. The normalized spacial score (nSPS) is 24.9. The fraction of sp³-hybridized carbons (Fsp3) is 0.455. The Bertz CT molecular complexity index is 2740. The van der Waals surface area contributed by atoms with Crippen LogP contribution in [0.3, 0.4) is 0 Å². The number of carbonyl (C=O) groups is 9. The van der Waals surface area contributed by atoms with Crippen molar-refractivity contribution in [2.75, 3.05) is 39.8 Å². The van der Waals surface area contributed by atoms with E-state index in [9.17, 15) is 43.3 Å². The fourth-order valence-electron chi connectivity index (χ4n) is 10.6. The van der Waals surface area contributed by atoms with Crippen LogP contribution in [-0.2, 0) is 47.9 Å². The van der Waals surface area contributed by atoms with Crippen molar-refractivity contribution in [3.63, 3.8) is 0 Å². The Morgan fingerprint density at radius 2 is 1.06 bits per heavy atom. The first-order chi connectivity index (χ1) is 37.9. The minimum Gasteiger partial charge on any atom is -0.469 e. The maximum Gasteiger partial charge on any atom is 1.00 e. The summed E-state index contributed by atoms with van der Waals surface area (Å²) in [5, 5.41) is 2.72. The number of ether oxygens (including phenoxy) is 1. The number of piperidine rings is 4. The number of nitrogens with zero attached hydrogens (tertiary/aromatic N) is 7. The van der Waals surface area contributed by atoms with Gasteiger partial charge in [-0.05, 0) is 72.5 Å². The van der Waals surface area contributed by atoms with E-state index >= 15 is 0 Å². The summed E-state index contributed by atoms with van der Waals surface area (Å²) in [6.45, 7) is 14.6. The summed E-state index contributed by atoms with van der Waals surface area (Å²) in [5.74, 6) is 1.56. The van der Waals surface area contributed by atoms with Crippen LogP contribution >= 0.6 is 0 Å². The average molecular weight is 1160 g/mol. The zero-order chi connectivity index (χ0) is 57.6. The van der Waals surface area contributed by atoms with Crippen molar-refractivity contribution >= 4 is 70.9 Å². The molecule has 13 aliphatic rings. The molecule has 18 heteroatoms. The van der Waals surface area contributed by atoms with Crippen LogP contribution in [0.25, 0.3) is 0 Å². The third-order valence-corrected chi connectivity index (χ3v) is 14.5. The largest absolute Gasteiger partial charge is 1.00 e. The molecule has 2 aromatic carbocycles. The number of esters is 1. The van der Waals surface area contributed by atoms with E-state index in [4.69, 9.17) is 14.5 Å². The highest BCUT2D eigenvalue weighted by atomic mass is 16.5. The summed E-state index contributed by atoms with van der Waals surface area (Å²) in [4.78, 5) is 122. The van der Waals surface area contributed by atoms with E-state index in [1.54, 1.807) is 77.8 Å². The second-order valence-electron chi connectivity index (χ2n) is 20.0. The molecule has 5 amide bonds. The Morgan fingerprint density at radius 1 is 0.595 bits per heavy atom. The van der Waals surface area contributed by atoms with Crippen molar-refractivity contribution in [1.29, 1.82) is 0 Å². The predicted molar refractivity (Wildman–Crippen MR) is 335 cm³/mol. The molecule has 456 valence electrons. The molecule has 8 bridgehead atoms. The van der Waals surface area contributed by atoms with Gasteiger partial charge in [-0.2, -0.15) is 0 Å². The average Bonchev–Trinajstić information content (AvgIpc) is 3.69. The quantitative estimate of drug-likeness (QED) is 0.0684. The molecule has 0 radical (unpaired) electrons. The number of Topliss-reactive ketones (excluding diaryl/α,β-unsaturated/α-hetero) is 1. The van der Waals surface area contributed by atoms with E-state index in [0.29, 0.717) is 42.7 Å². The summed E-state index contributed by atoms with van der Waals surface area (Å²) in [6, 6.07) is 18.4. The van der Waals surface area contributed by atoms with Crippen molar-refractivity contribution < 1.29 is 49.3 Å². The number of aliphatic imine (C=N–C) groups is 1. The molecule has 4 fully saturated rings. The lowest BCUT2D eigenvalue weighted by Crippen LogP contribution is -2.54. The van der Waals surface area contributed by atoms with Crippen molar-refractivity contribution in [1.82, 2.24) is 24.5 Å². The van der Waals surface area contributed by atoms with Crippen LogP contribution in [0.5, 0.6) is 0 Å². The van der Waals surface area contributed by atoms with Gasteiger partial charge in [0, 0.05) is 97.5 Å². The molecule has 4 saturated heterocycles. The number of para-hydroxylation sites is 1. The number of hydrogen-bond acceptors (Lipinski definition) is 13. The third kappa shape index (κ3) is 21.4. The number of amides is 5. The van der Waals surface area contributed by atoms with Gasteiger partial charge < -0.3 is 34.0 Å². The molecule has 0 saturated carbocycles. The summed E-state index contributed by atoms with van der Waals surface area (Å²) in [6.07, 6.45) is 30.7. The van der Waals surface area contributed by atoms with Gasteiger partial charge in [0.2, 0.25) is 29.5 Å². The minimum atomic E-state index is -0.257. The van der Waals surface area contributed by atoms with E-state index in [-0.39, 0.29) is 122 Å². The number of fused-ring (bicyclic) bond motifs is 8. The number of carbonyl (C=O) groups excluding carboxylic acids is 9. The summed E-state index contributed by atoms with van der Waals surface area (Å²) < 4.78 is 4.76. The molecule has 9 aliphatic heterocycles. The fourth-order valence-corrected chi connectivity index (χ4v) is 10.6. The molecule has 18 nitrogen and oxygen atoms in total. The maximum atomic E-state index is 11.6. The molecule has 4 aliphatic carbocycles. The molecular weight excluding hydrogens is 1070 g/mol. The van der Waals surface area contributed by atoms with Crippen LogP contribution in [-0.4, -0.2) is 148 Å². The third-order valence-electron chi connectivity index (χ3n) is 14.5. The minimum absolute atomic E-state index is 0. The topological polar surface area (TPSA) is 221 Å². The van der Waals surface area contributed by atoms with Crippen molar-refractivity contribution in [3.05, 3.63) is 151 Å². The van der Waals surface area contributed by atoms with Gasteiger partial charge in [-0.15, -0.1) is 4.91 Å². The summed E-state index contributed by atoms with van der Waals surface area (Å²) in [5.41, 5.74) is 2.56. The Hall–Kier alpha value is -8.37. The molecule has 10 atom stereocenters. The smallest absolute Gasteiger partial charge is 0.469 e. The zero-order valence-electron chi connectivity index (χ0n) is 46.8. The van der Waals surface area contributed by atoms with Gasteiger partial charge in [-0.25, -0.2) is 4.79 Å². The standard InChI is InChI=1S/C15H16N2O.C11H15NO3.C10H13NO2.C9H11NO2.C7H9NO.C6H5NO.C3H3O.5CH4/c1-11(18)17-10-12-7-8-15(17)14(9-12)16-13-5-3-2-4-6-13;1-7(13)12-6-8-3-4-10(12)9(5-8)11(14)15-2;1-7(13)11-5-8-2-3-10(11)9(4-8)6-12;1-6(11)10-5-7-2-3-8(10)9(12)4-7;1-7(9)8-5-3-2-4-6-8;8-7-6-4-2-1-3-5-6;1-2-3-4;;;;;/h2-8,12,15H,9-10H2,1H3;3-4,8-10H,5-6H2,1-2H3;2-3,6,8-10H,4-5H2,1H3;2-3,7-8H,4-5H2,1H3;2-5H,6H2,1H3;1-5H;3H,1H2;5*1H4/q;;;;;;+1;;;;;/p+1. The van der Waals surface area contributed by atoms with Gasteiger partial charge in [0.05, 0.1) is 36.8 Å². The van der Waals surface area contributed by atoms with E-state index < -0.39 is 0 Å². The highest BCUT2D eigenvalue weighted by Gasteiger charge is 2.43. The number of ketones is 1. The van der Waals surface area contributed by atoms with Crippen LogP contribution in [0, 0.1) is 46.5 Å². The molecule has 0 spiro atoms. The second-order valence-corrected chi connectivity index (χ2v) is 20.0. The van der Waals surface area contributed by atoms with E-state index in [2.05, 4.69) is 36.1 Å². The molecule has 84 heavy (non-hydrogen) atoms. The van der Waals surface area contributed by atoms with Crippen LogP contribution in [0.4, 0.5) is 11.4 Å². The number of methoxy groups -OCH3 is 1. The van der Waals surface area contributed by atoms with E-state index in [1.165, 1.54) is 14.0 Å². The first-order valence-corrected chi connectivity index (χ1v) is 26.4. The van der Waals surface area contributed by atoms with Crippen molar-refractivity contribution in [2.24, 2.45) is 45.7 Å². The SMILES string of the molecule is C.C.C.C.C.C=[C+]C=O.CC(=O)N1C=CC=CC1.CC(=O)N1CC2C=CC1C(=Nc1ccccc1)C2.CC(=O)N1CC2C=CC1C(=O)C2.CC(=O)N1CC2C=CC1C(C=O)C2.COC(=O)C1CC2C=CC1N(C(C)=O)C2.O=Nc1ccccc1.[H+]. The number of hydrogen-bond donors (Lipinski definition) is 0. The Morgan fingerprint density at radius 3 is 1.44 bits per heavy atom. The van der Waals surface area contributed by atoms with Gasteiger partial charge in [0.1, 0.15) is 18.0 Å². The molecule has 0 N–H and O–H groups in total. The highest BCUT2D eigenvalue weighted by Crippen LogP contribution is 2.36. The van der Waals surface area contributed by atoms with Crippen LogP contribution in [0.15, 0.2) is 150 Å². The van der Waals surface area contributed by atoms with Crippen molar-refractivity contribution in [3.8, 4) is 0 Å². The van der Waals surface area contributed by atoms with E-state index in [0.717, 1.165) is 63.1 Å². The lowest BCUT2D eigenvalue weighted by molar-refractivity contribution is -0.152. The second kappa shape index (κ2) is 37.7. The van der Waals surface area contributed by atoms with Crippen molar-refractivity contribution in [2.45, 2.75) is 122 Å².